The van der Waals surface area contributed by atoms with Gasteiger partial charge in [-0.15, -0.1) is 0 Å². The van der Waals surface area contributed by atoms with Gasteiger partial charge in [0, 0.05) is 23.5 Å². The molecular weight excluding hydrogens is 744 g/mol. The highest BCUT2D eigenvalue weighted by molar-refractivity contribution is 6.28. The van der Waals surface area contributed by atoms with Crippen molar-refractivity contribution in [2.45, 2.75) is 93.3 Å². The van der Waals surface area contributed by atoms with E-state index in [9.17, 15) is 9.59 Å². The Hall–Kier alpha value is -6.15. The molecule has 0 aliphatic rings. The van der Waals surface area contributed by atoms with Crippen molar-refractivity contribution >= 4 is 41.1 Å². The summed E-state index contributed by atoms with van der Waals surface area (Å²) in [5, 5.41) is 11.1. The molecule has 6 rings (SSSR count). The third-order valence-corrected chi connectivity index (χ3v) is 8.10. The topological polar surface area (TPSA) is 178 Å². The second-order valence-corrected chi connectivity index (χ2v) is 15.3. The fourth-order valence-electron chi connectivity index (χ4n) is 5.25. The third-order valence-electron chi connectivity index (χ3n) is 7.92. The minimum Gasteiger partial charge on any atom is -0.442 e. The maximum absolute atomic E-state index is 12.1. The molecule has 300 valence electrons. The van der Waals surface area contributed by atoms with Crippen molar-refractivity contribution in [2.24, 2.45) is 0 Å². The lowest BCUT2D eigenvalue weighted by Gasteiger charge is -2.18. The number of rotatable bonds is 6. The number of nitrogens with zero attached hydrogens (tertiary/aromatic N) is 8. The van der Waals surface area contributed by atoms with Crippen LogP contribution < -0.4 is 11.1 Å². The van der Waals surface area contributed by atoms with Crippen LogP contribution in [0.4, 0.5) is 26.9 Å². The number of hydrogen-bond acceptors (Lipinski definition) is 12. The Morgan fingerprint density at radius 3 is 1.67 bits per heavy atom. The maximum Gasteiger partial charge on any atom is 0.435 e. The highest BCUT2D eigenvalue weighted by Gasteiger charge is 2.19. The molecule has 14 nitrogen and oxygen atoms in total. The van der Waals surface area contributed by atoms with Crippen LogP contribution in [0.1, 0.15) is 77.6 Å². The molecule has 0 spiro atoms. The lowest BCUT2D eigenvalue weighted by atomic mass is 10.0. The highest BCUT2D eigenvalue weighted by atomic mass is 35.5. The van der Waals surface area contributed by atoms with Crippen molar-refractivity contribution in [3.05, 3.63) is 113 Å². The van der Waals surface area contributed by atoms with Crippen LogP contribution in [0.15, 0.2) is 85.7 Å². The SMILES string of the molecule is CC(C)(C)OC(=O)n1cc(N)cn1.CCc1ccc(-c2ccnc(Cl)n2)cc1C.CCc1ccc(-c2ccnc(Nc3cnn(C(=O)OC(C)(C)C)c3)n2)cc1C. The van der Waals surface area contributed by atoms with Crippen molar-refractivity contribution < 1.29 is 19.1 Å². The van der Waals surface area contributed by atoms with Gasteiger partial charge in [-0.2, -0.15) is 19.6 Å². The number of carbonyl (C=O) groups is 2. The molecule has 0 radical (unpaired) electrons. The van der Waals surface area contributed by atoms with Gasteiger partial charge in [0.15, 0.2) is 0 Å². The van der Waals surface area contributed by atoms with E-state index in [1.807, 2.05) is 32.9 Å². The summed E-state index contributed by atoms with van der Waals surface area (Å²) in [5.41, 5.74) is 14.3. The monoisotopic (exact) mass is 794 g/mol. The molecule has 15 heteroatoms. The van der Waals surface area contributed by atoms with Crippen molar-refractivity contribution in [2.75, 3.05) is 11.1 Å². The van der Waals surface area contributed by atoms with Gasteiger partial charge >= 0.3 is 12.2 Å². The summed E-state index contributed by atoms with van der Waals surface area (Å²) in [4.78, 5) is 40.3. The van der Waals surface area contributed by atoms with E-state index in [-0.39, 0.29) is 5.28 Å². The summed E-state index contributed by atoms with van der Waals surface area (Å²) in [6, 6.07) is 16.4. The Bertz CT molecular complexity index is 2290. The minimum absolute atomic E-state index is 0.287. The van der Waals surface area contributed by atoms with E-state index in [0.29, 0.717) is 17.3 Å². The standard InChI is InChI=1S/C21H25N5O2.C13H13ClN2.C8H13N3O2/c1-6-15-7-8-16(11-14(15)2)18-9-10-22-19(25-18)24-17-12-23-26(13-17)20(27)28-21(3,4)5;1-3-10-4-5-11(8-9(10)2)12-6-7-15-13(14)16-12;1-8(2,3)13-7(12)11-5-6(9)4-10-11/h7-13H,6H2,1-5H3,(H,22,24,25);4-8H,3H2,1-2H3;4-5H,9H2,1-3H3. The van der Waals surface area contributed by atoms with Gasteiger partial charge < -0.3 is 20.5 Å². The number of nitrogens with one attached hydrogen (secondary N) is 1. The molecule has 0 bridgehead atoms. The van der Waals surface area contributed by atoms with E-state index in [0.717, 1.165) is 44.7 Å². The van der Waals surface area contributed by atoms with Crippen LogP contribution in [-0.4, -0.2) is 62.9 Å². The van der Waals surface area contributed by atoms with Gasteiger partial charge in [0.05, 0.1) is 47.6 Å². The Morgan fingerprint density at radius 2 is 1.21 bits per heavy atom. The average molecular weight is 795 g/mol. The molecule has 0 saturated carbocycles. The summed E-state index contributed by atoms with van der Waals surface area (Å²) >= 11 is 5.77. The molecular formula is C42H51ClN10O4. The number of aryl methyl sites for hydroxylation is 4. The van der Waals surface area contributed by atoms with E-state index in [1.165, 1.54) is 40.8 Å². The van der Waals surface area contributed by atoms with Crippen molar-refractivity contribution in [3.63, 3.8) is 0 Å². The zero-order chi connectivity index (χ0) is 41.9. The number of halogens is 1. The van der Waals surface area contributed by atoms with Crippen molar-refractivity contribution in [1.29, 1.82) is 0 Å². The van der Waals surface area contributed by atoms with Gasteiger partial charge in [-0.1, -0.05) is 38.1 Å². The second kappa shape index (κ2) is 19.1. The van der Waals surface area contributed by atoms with Crippen LogP contribution in [0.5, 0.6) is 0 Å². The number of ether oxygens (including phenoxy) is 2. The fraction of sp³-hybridized carbons (Fsp3) is 0.333. The van der Waals surface area contributed by atoms with Crippen LogP contribution in [0.3, 0.4) is 0 Å². The van der Waals surface area contributed by atoms with E-state index in [1.54, 1.807) is 39.4 Å². The smallest absolute Gasteiger partial charge is 0.435 e. The molecule has 4 heterocycles. The van der Waals surface area contributed by atoms with Gasteiger partial charge in [-0.25, -0.2) is 29.5 Å². The number of nitrogen functional groups attached to an aromatic ring is 1. The minimum atomic E-state index is -0.584. The third kappa shape index (κ3) is 13.5. The van der Waals surface area contributed by atoms with Gasteiger partial charge in [0.1, 0.15) is 11.2 Å². The normalized spacial score (nSPS) is 11.1. The molecule has 0 aliphatic carbocycles. The molecule has 0 saturated heterocycles. The van der Waals surface area contributed by atoms with Crippen LogP contribution >= 0.6 is 11.6 Å². The number of nitrogens with two attached hydrogens (primary N) is 1. The summed E-state index contributed by atoms with van der Waals surface area (Å²) in [6.07, 6.45) is 10.2. The molecule has 0 fully saturated rings. The summed E-state index contributed by atoms with van der Waals surface area (Å²) in [6.45, 7) is 19.3. The second-order valence-electron chi connectivity index (χ2n) is 14.9. The first-order chi connectivity index (χ1) is 26.8. The Balaban J connectivity index is 0.000000209. The predicted molar refractivity (Wildman–Crippen MR) is 224 cm³/mol. The van der Waals surface area contributed by atoms with Crippen LogP contribution in [0.25, 0.3) is 22.5 Å². The lowest BCUT2D eigenvalue weighted by Crippen LogP contribution is -2.27. The van der Waals surface area contributed by atoms with Crippen molar-refractivity contribution in [3.8, 4) is 22.5 Å². The molecule has 0 amide bonds. The Labute approximate surface area is 338 Å². The summed E-state index contributed by atoms with van der Waals surface area (Å²) < 4.78 is 12.6. The van der Waals surface area contributed by atoms with E-state index < -0.39 is 23.4 Å². The summed E-state index contributed by atoms with van der Waals surface area (Å²) in [7, 11) is 0. The molecule has 57 heavy (non-hydrogen) atoms. The first kappa shape index (κ1) is 43.6. The van der Waals surface area contributed by atoms with Crippen LogP contribution in [0.2, 0.25) is 5.28 Å². The number of benzene rings is 2. The predicted octanol–water partition coefficient (Wildman–Crippen LogP) is 9.65. The van der Waals surface area contributed by atoms with Gasteiger partial charge in [0.25, 0.3) is 0 Å². The van der Waals surface area contributed by atoms with Crippen LogP contribution in [-0.2, 0) is 22.3 Å². The summed E-state index contributed by atoms with van der Waals surface area (Å²) in [5.74, 6) is 0.429. The fourth-order valence-corrected chi connectivity index (χ4v) is 5.40. The molecule has 0 atom stereocenters. The van der Waals surface area contributed by atoms with Gasteiger partial charge in [-0.3, -0.25) is 0 Å². The average Bonchev–Trinajstić information content (AvgIpc) is 3.80. The molecule has 0 unspecified atom stereocenters. The molecule has 2 aromatic carbocycles. The molecule has 0 aliphatic heterocycles. The Morgan fingerprint density at radius 1 is 0.719 bits per heavy atom. The maximum atomic E-state index is 12.1. The number of hydrogen-bond donors (Lipinski definition) is 2. The quantitative estimate of drug-likeness (QED) is 0.153. The number of anilines is 3. The Kier molecular flexibility index (Phi) is 14.6. The van der Waals surface area contributed by atoms with E-state index in [2.05, 4.69) is 99.5 Å². The van der Waals surface area contributed by atoms with E-state index in [4.69, 9.17) is 26.8 Å². The highest BCUT2D eigenvalue weighted by Crippen LogP contribution is 2.24. The van der Waals surface area contributed by atoms with Crippen LogP contribution in [0, 0.1) is 13.8 Å². The first-order valence-electron chi connectivity index (χ1n) is 18.4. The zero-order valence-corrected chi connectivity index (χ0v) is 34.9. The molecule has 3 N–H and O–H groups in total. The number of aromatic nitrogens is 8. The zero-order valence-electron chi connectivity index (χ0n) is 34.2. The van der Waals surface area contributed by atoms with Crippen molar-refractivity contribution in [1.82, 2.24) is 39.5 Å². The van der Waals surface area contributed by atoms with Gasteiger partial charge in [-0.05, 0) is 126 Å². The largest absolute Gasteiger partial charge is 0.442 e. The van der Waals surface area contributed by atoms with Gasteiger partial charge in [0.2, 0.25) is 11.2 Å². The van der Waals surface area contributed by atoms with E-state index >= 15 is 0 Å². The first-order valence-corrected chi connectivity index (χ1v) is 18.8. The lowest BCUT2D eigenvalue weighted by molar-refractivity contribution is 0.0503. The number of carbonyl (C=O) groups excluding carboxylic acids is 2. The molecule has 6 aromatic rings. The molecule has 4 aromatic heterocycles.